The van der Waals surface area contributed by atoms with Crippen LogP contribution in [0.2, 0.25) is 0 Å². The largest absolute Gasteiger partial charge is 0.292 e. The average molecular weight is 649 g/mol. The molecule has 1 spiro atoms. The predicted octanol–water partition coefficient (Wildman–Crippen LogP) is 12.5. The van der Waals surface area contributed by atoms with E-state index in [0.717, 1.165) is 89.0 Å². The van der Waals surface area contributed by atoms with Crippen LogP contribution < -0.4 is 0 Å². The van der Waals surface area contributed by atoms with Crippen molar-refractivity contribution in [3.63, 3.8) is 0 Å². The van der Waals surface area contributed by atoms with Gasteiger partial charge in [-0.15, -0.1) is 0 Å². The number of fused-ring (bicyclic) bond motifs is 9. The monoisotopic (exact) mass is 648 g/mol. The fourth-order valence-corrected chi connectivity index (χ4v) is 8.48. The van der Waals surface area contributed by atoms with Crippen LogP contribution in [-0.4, -0.2) is 5.78 Å². The van der Waals surface area contributed by atoms with Crippen molar-refractivity contribution >= 4 is 5.78 Å². The van der Waals surface area contributed by atoms with Gasteiger partial charge in [0.15, 0.2) is 5.78 Å². The van der Waals surface area contributed by atoms with Crippen molar-refractivity contribution in [3.8, 4) is 66.8 Å². The van der Waals surface area contributed by atoms with Gasteiger partial charge in [0.05, 0.1) is 0 Å². The molecule has 0 aliphatic heterocycles. The van der Waals surface area contributed by atoms with E-state index in [2.05, 4.69) is 170 Å². The van der Waals surface area contributed by atoms with Crippen molar-refractivity contribution in [2.75, 3.05) is 0 Å². The van der Waals surface area contributed by atoms with Gasteiger partial charge in [0.2, 0.25) is 0 Å². The number of hydrogen-bond acceptors (Lipinski definition) is 1. The third kappa shape index (κ3) is 4.45. The quantitative estimate of drug-likeness (QED) is 0.186. The molecule has 10 rings (SSSR count). The SMILES string of the molecule is O=C1c2cc(-c3ccccc3)ccc2-c2ccc(-c3ccccc3)cc2C12c1cc(-c3ccccc3)ccc1-c1ccc(-c3ccccc3)cc12. The molecule has 0 bridgehead atoms. The summed E-state index contributed by atoms with van der Waals surface area (Å²) in [6, 6.07) is 68.5. The molecule has 0 heterocycles. The van der Waals surface area contributed by atoms with Crippen molar-refractivity contribution in [2.24, 2.45) is 0 Å². The number of ketones is 1. The third-order valence-electron chi connectivity index (χ3n) is 10.9. The minimum Gasteiger partial charge on any atom is -0.292 e. The summed E-state index contributed by atoms with van der Waals surface area (Å²) < 4.78 is 0. The number of carbonyl (C=O) groups excluding carboxylic acids is 1. The molecule has 0 radical (unpaired) electrons. The van der Waals surface area contributed by atoms with Gasteiger partial charge in [-0.2, -0.15) is 0 Å². The van der Waals surface area contributed by atoms with Crippen molar-refractivity contribution in [1.82, 2.24) is 0 Å². The van der Waals surface area contributed by atoms with Gasteiger partial charge in [-0.1, -0.05) is 170 Å². The fourth-order valence-electron chi connectivity index (χ4n) is 8.48. The highest BCUT2D eigenvalue weighted by molar-refractivity contribution is 6.20. The summed E-state index contributed by atoms with van der Waals surface area (Å²) in [7, 11) is 0. The van der Waals surface area contributed by atoms with Gasteiger partial charge in [-0.05, 0) is 108 Å². The molecular weight excluding hydrogens is 617 g/mol. The fraction of sp³-hybridized carbons (Fsp3) is 0.0200. The molecule has 238 valence electrons. The zero-order chi connectivity index (χ0) is 33.9. The first-order chi connectivity index (χ1) is 25.2. The molecule has 0 N–H and O–H groups in total. The molecule has 0 fully saturated rings. The Labute approximate surface area is 298 Å². The number of Topliss-reactive ketones (excluding diaryl/α,β-unsaturated/α-hetero) is 1. The Morgan fingerprint density at radius 3 is 0.902 bits per heavy atom. The highest BCUT2D eigenvalue weighted by atomic mass is 16.1. The minimum absolute atomic E-state index is 0.114. The van der Waals surface area contributed by atoms with Crippen molar-refractivity contribution in [3.05, 3.63) is 216 Å². The van der Waals surface area contributed by atoms with Crippen molar-refractivity contribution < 1.29 is 4.79 Å². The summed E-state index contributed by atoms with van der Waals surface area (Å²) in [6.45, 7) is 0. The van der Waals surface area contributed by atoms with Crippen LogP contribution in [0.15, 0.2) is 194 Å². The molecule has 2 aliphatic carbocycles. The normalized spacial score (nSPS) is 13.3. The summed E-state index contributed by atoms with van der Waals surface area (Å²) in [6.07, 6.45) is 0. The topological polar surface area (TPSA) is 17.1 Å². The Balaban J connectivity index is 1.33. The molecule has 1 nitrogen and oxygen atoms in total. The second-order valence-corrected chi connectivity index (χ2v) is 13.6. The van der Waals surface area contributed by atoms with E-state index in [1.807, 2.05) is 24.3 Å². The van der Waals surface area contributed by atoms with Gasteiger partial charge < -0.3 is 0 Å². The van der Waals surface area contributed by atoms with Crippen LogP contribution in [0.1, 0.15) is 27.0 Å². The van der Waals surface area contributed by atoms with Crippen LogP contribution in [0.5, 0.6) is 0 Å². The van der Waals surface area contributed by atoms with E-state index in [1.54, 1.807) is 0 Å². The van der Waals surface area contributed by atoms with E-state index < -0.39 is 5.41 Å². The minimum atomic E-state index is -1.07. The van der Waals surface area contributed by atoms with E-state index in [4.69, 9.17) is 0 Å². The van der Waals surface area contributed by atoms with Crippen molar-refractivity contribution in [1.29, 1.82) is 0 Å². The van der Waals surface area contributed by atoms with Crippen LogP contribution in [0.25, 0.3) is 66.8 Å². The molecule has 8 aromatic carbocycles. The van der Waals surface area contributed by atoms with E-state index in [-0.39, 0.29) is 5.78 Å². The average Bonchev–Trinajstić information content (AvgIpc) is 3.50. The summed E-state index contributed by atoms with van der Waals surface area (Å²) in [5.41, 5.74) is 15.9. The van der Waals surface area contributed by atoms with E-state index in [0.29, 0.717) is 0 Å². The molecule has 0 unspecified atom stereocenters. The molecule has 0 aromatic heterocycles. The first-order valence-electron chi connectivity index (χ1n) is 17.5. The van der Waals surface area contributed by atoms with Gasteiger partial charge in [-0.3, -0.25) is 4.79 Å². The Bertz CT molecular complexity index is 2530. The maximum atomic E-state index is 16.1. The lowest BCUT2D eigenvalue weighted by Gasteiger charge is -2.38. The molecule has 0 amide bonds. The zero-order valence-electron chi connectivity index (χ0n) is 27.9. The van der Waals surface area contributed by atoms with Crippen LogP contribution in [0.4, 0.5) is 0 Å². The van der Waals surface area contributed by atoms with Gasteiger partial charge in [-0.25, -0.2) is 0 Å². The van der Waals surface area contributed by atoms with Crippen LogP contribution in [0.3, 0.4) is 0 Å². The predicted molar refractivity (Wildman–Crippen MR) is 210 cm³/mol. The van der Waals surface area contributed by atoms with E-state index in [9.17, 15) is 0 Å². The molecular formula is C50H32O. The number of rotatable bonds is 4. The maximum Gasteiger partial charge on any atom is 0.182 e. The van der Waals surface area contributed by atoms with Gasteiger partial charge in [0.1, 0.15) is 5.41 Å². The van der Waals surface area contributed by atoms with E-state index >= 15 is 4.79 Å². The molecule has 8 aromatic rings. The summed E-state index contributed by atoms with van der Waals surface area (Å²) in [4.78, 5) is 16.1. The highest BCUT2D eigenvalue weighted by Gasteiger charge is 2.54. The molecule has 0 saturated carbocycles. The smallest absolute Gasteiger partial charge is 0.182 e. The Kier molecular flexibility index (Phi) is 6.62. The molecule has 0 saturated heterocycles. The standard InChI is InChI=1S/C50H32O/c51-49-45-29-37(33-13-5-1-6-14-33)21-25-41(45)42-26-22-38(34-15-7-2-8-16-34)30-46(42)50(49)47-31-39(35-17-9-3-10-18-35)23-27-43(47)44-28-24-40(32-48(44)50)36-19-11-4-12-20-36/h1-32H. The molecule has 1 heteroatoms. The van der Waals surface area contributed by atoms with Gasteiger partial charge in [0.25, 0.3) is 0 Å². The Morgan fingerprint density at radius 2 is 0.549 bits per heavy atom. The lowest BCUT2D eigenvalue weighted by atomic mass is 9.61. The molecule has 51 heavy (non-hydrogen) atoms. The first-order valence-corrected chi connectivity index (χ1v) is 17.5. The summed E-state index contributed by atoms with van der Waals surface area (Å²) in [5.74, 6) is 0.114. The number of benzene rings is 8. The number of hydrogen-bond donors (Lipinski definition) is 0. The summed E-state index contributed by atoms with van der Waals surface area (Å²) in [5, 5.41) is 0. The zero-order valence-corrected chi connectivity index (χ0v) is 27.9. The maximum absolute atomic E-state index is 16.1. The molecule has 2 aliphatic rings. The van der Waals surface area contributed by atoms with Crippen LogP contribution in [0, 0.1) is 0 Å². The van der Waals surface area contributed by atoms with E-state index in [1.165, 1.54) is 0 Å². The van der Waals surface area contributed by atoms with Crippen LogP contribution in [-0.2, 0) is 5.41 Å². The summed E-state index contributed by atoms with van der Waals surface area (Å²) >= 11 is 0. The van der Waals surface area contributed by atoms with Crippen LogP contribution >= 0.6 is 0 Å². The second kappa shape index (κ2) is 11.5. The molecule has 0 atom stereocenters. The van der Waals surface area contributed by atoms with Gasteiger partial charge in [0, 0.05) is 5.56 Å². The van der Waals surface area contributed by atoms with Crippen molar-refractivity contribution in [2.45, 2.75) is 5.41 Å². The second-order valence-electron chi connectivity index (χ2n) is 13.6. The number of carbonyl (C=O) groups is 1. The van der Waals surface area contributed by atoms with Gasteiger partial charge >= 0.3 is 0 Å². The highest BCUT2D eigenvalue weighted by Crippen LogP contribution is 2.60. The Morgan fingerprint density at radius 1 is 0.255 bits per heavy atom. The lowest BCUT2D eigenvalue weighted by molar-refractivity contribution is 0.0935. The Hall–Kier alpha value is -6.57. The lowest BCUT2D eigenvalue weighted by Crippen LogP contribution is -2.40. The third-order valence-corrected chi connectivity index (χ3v) is 10.9. The first kappa shape index (κ1) is 29.4.